The van der Waals surface area contributed by atoms with E-state index in [1.165, 1.54) is 36.5 Å². The molecule has 0 N–H and O–H groups in total. The van der Waals surface area contributed by atoms with Crippen molar-refractivity contribution in [1.29, 1.82) is 0 Å². The molecule has 1 fully saturated rings. The number of thiophene rings is 1. The summed E-state index contributed by atoms with van der Waals surface area (Å²) in [6, 6.07) is 2.21. The summed E-state index contributed by atoms with van der Waals surface area (Å²) < 4.78 is 0. The fourth-order valence-electron chi connectivity index (χ4n) is 1.61. The Morgan fingerprint density at radius 1 is 1.36 bits per heavy atom. The number of rotatable bonds is 1. The third kappa shape index (κ3) is 1.27. The second kappa shape index (κ2) is 2.86. The normalized spacial score (nSPS) is 17.7. The van der Waals surface area contributed by atoms with Gasteiger partial charge in [0.15, 0.2) is 0 Å². The van der Waals surface area contributed by atoms with Gasteiger partial charge in [-0.1, -0.05) is 0 Å². The molecule has 0 spiro atoms. The summed E-state index contributed by atoms with van der Waals surface area (Å²) in [6.45, 7) is 4.73. The van der Waals surface area contributed by atoms with Crippen molar-refractivity contribution >= 4 is 16.3 Å². The Hall–Kier alpha value is -0.500. The Bertz CT molecular complexity index is 235. The van der Waals surface area contributed by atoms with Crippen LogP contribution in [0.4, 0.5) is 5.00 Å². The highest BCUT2D eigenvalue weighted by atomic mass is 32.1. The summed E-state index contributed by atoms with van der Waals surface area (Å²) in [5.74, 6) is 0. The quantitative estimate of drug-likeness (QED) is 0.621. The summed E-state index contributed by atoms with van der Waals surface area (Å²) in [7, 11) is 0. The van der Waals surface area contributed by atoms with Gasteiger partial charge in [0, 0.05) is 13.1 Å². The van der Waals surface area contributed by atoms with Gasteiger partial charge in [0.05, 0.1) is 5.00 Å². The van der Waals surface area contributed by atoms with E-state index < -0.39 is 0 Å². The SMILES string of the molecule is Cc1ccsc1N1CCCC1. The first-order valence-electron chi connectivity index (χ1n) is 4.17. The van der Waals surface area contributed by atoms with E-state index >= 15 is 0 Å². The Morgan fingerprint density at radius 3 is 2.64 bits per heavy atom. The molecule has 1 aliphatic rings. The van der Waals surface area contributed by atoms with Crippen molar-refractivity contribution in [3.05, 3.63) is 17.0 Å². The van der Waals surface area contributed by atoms with E-state index in [-0.39, 0.29) is 0 Å². The van der Waals surface area contributed by atoms with Crippen LogP contribution in [0.2, 0.25) is 0 Å². The van der Waals surface area contributed by atoms with Gasteiger partial charge < -0.3 is 4.90 Å². The van der Waals surface area contributed by atoms with Gasteiger partial charge in [0.1, 0.15) is 0 Å². The molecule has 0 radical (unpaired) electrons. The molecule has 1 aromatic rings. The average molecular weight is 167 g/mol. The maximum absolute atomic E-state index is 2.50. The highest BCUT2D eigenvalue weighted by Gasteiger charge is 2.14. The fraction of sp³-hybridized carbons (Fsp3) is 0.556. The highest BCUT2D eigenvalue weighted by Crippen LogP contribution is 2.29. The average Bonchev–Trinajstić information content (AvgIpc) is 2.55. The first-order valence-corrected chi connectivity index (χ1v) is 5.05. The van der Waals surface area contributed by atoms with E-state index in [4.69, 9.17) is 0 Å². The van der Waals surface area contributed by atoms with Crippen LogP contribution in [-0.2, 0) is 0 Å². The number of nitrogens with zero attached hydrogens (tertiary/aromatic N) is 1. The molecule has 1 nitrogen and oxygen atoms in total. The Morgan fingerprint density at radius 2 is 2.09 bits per heavy atom. The smallest absolute Gasteiger partial charge is 0.0938 e. The Balaban J connectivity index is 2.21. The largest absolute Gasteiger partial charge is 0.363 e. The summed E-state index contributed by atoms with van der Waals surface area (Å²) in [5.41, 5.74) is 1.44. The minimum absolute atomic E-state index is 1.27. The lowest BCUT2D eigenvalue weighted by Crippen LogP contribution is -2.16. The molecule has 1 aromatic heterocycles. The van der Waals surface area contributed by atoms with Crippen molar-refractivity contribution in [2.45, 2.75) is 19.8 Å². The van der Waals surface area contributed by atoms with Gasteiger partial charge in [-0.25, -0.2) is 0 Å². The number of anilines is 1. The Kier molecular flexibility index (Phi) is 1.86. The second-order valence-corrected chi connectivity index (χ2v) is 4.00. The van der Waals surface area contributed by atoms with Crippen molar-refractivity contribution < 1.29 is 0 Å². The fourth-order valence-corrected chi connectivity index (χ4v) is 2.60. The van der Waals surface area contributed by atoms with Crippen LogP contribution in [0.1, 0.15) is 18.4 Å². The van der Waals surface area contributed by atoms with Gasteiger partial charge in [-0.15, -0.1) is 11.3 Å². The van der Waals surface area contributed by atoms with Crippen LogP contribution < -0.4 is 4.90 Å². The molecular weight excluding hydrogens is 154 g/mol. The van der Waals surface area contributed by atoms with E-state index in [1.807, 2.05) is 11.3 Å². The minimum Gasteiger partial charge on any atom is -0.363 e. The zero-order valence-corrected chi connectivity index (χ0v) is 7.66. The van der Waals surface area contributed by atoms with Gasteiger partial charge >= 0.3 is 0 Å². The lowest BCUT2D eigenvalue weighted by Gasteiger charge is -2.15. The van der Waals surface area contributed by atoms with Gasteiger partial charge in [-0.3, -0.25) is 0 Å². The predicted octanol–water partition coefficient (Wildman–Crippen LogP) is 2.66. The lowest BCUT2D eigenvalue weighted by molar-refractivity contribution is 0.949. The molecule has 0 bridgehead atoms. The molecule has 0 atom stereocenters. The standard InChI is InChI=1S/C9H13NS/c1-8-4-7-11-9(8)10-5-2-3-6-10/h4,7H,2-3,5-6H2,1H3. The lowest BCUT2D eigenvalue weighted by atomic mass is 10.3. The van der Waals surface area contributed by atoms with E-state index in [1.54, 1.807) is 0 Å². The summed E-state index contributed by atoms with van der Waals surface area (Å²) in [5, 5.41) is 3.67. The van der Waals surface area contributed by atoms with Crippen molar-refractivity contribution in [1.82, 2.24) is 0 Å². The number of aryl methyl sites for hydroxylation is 1. The van der Waals surface area contributed by atoms with Crippen LogP contribution in [0.3, 0.4) is 0 Å². The third-order valence-electron chi connectivity index (χ3n) is 2.23. The zero-order chi connectivity index (χ0) is 7.68. The first-order chi connectivity index (χ1) is 5.38. The topological polar surface area (TPSA) is 3.24 Å². The van der Waals surface area contributed by atoms with Crippen LogP contribution in [-0.4, -0.2) is 13.1 Å². The molecule has 2 heteroatoms. The van der Waals surface area contributed by atoms with Crippen molar-refractivity contribution in [3.63, 3.8) is 0 Å². The van der Waals surface area contributed by atoms with Crippen molar-refractivity contribution in [2.75, 3.05) is 18.0 Å². The summed E-state index contributed by atoms with van der Waals surface area (Å²) in [6.07, 6.45) is 2.74. The first kappa shape index (κ1) is 7.17. The molecule has 0 aromatic carbocycles. The van der Waals surface area contributed by atoms with Gasteiger partial charge in [-0.2, -0.15) is 0 Å². The molecule has 0 amide bonds. The third-order valence-corrected chi connectivity index (χ3v) is 3.30. The van der Waals surface area contributed by atoms with E-state index in [2.05, 4.69) is 23.3 Å². The van der Waals surface area contributed by atoms with Crippen LogP contribution in [0.25, 0.3) is 0 Å². The predicted molar refractivity (Wildman–Crippen MR) is 50.5 cm³/mol. The van der Waals surface area contributed by atoms with E-state index in [0.717, 1.165) is 0 Å². The zero-order valence-electron chi connectivity index (χ0n) is 6.84. The van der Waals surface area contributed by atoms with Gasteiger partial charge in [0.2, 0.25) is 0 Å². The van der Waals surface area contributed by atoms with Gasteiger partial charge in [0.25, 0.3) is 0 Å². The van der Waals surface area contributed by atoms with Crippen LogP contribution in [0, 0.1) is 6.92 Å². The monoisotopic (exact) mass is 167 g/mol. The molecule has 2 rings (SSSR count). The molecule has 1 aliphatic heterocycles. The van der Waals surface area contributed by atoms with E-state index in [9.17, 15) is 0 Å². The minimum atomic E-state index is 1.27. The molecule has 0 saturated carbocycles. The van der Waals surface area contributed by atoms with Crippen LogP contribution in [0.5, 0.6) is 0 Å². The highest BCUT2D eigenvalue weighted by molar-refractivity contribution is 7.14. The molecule has 2 heterocycles. The van der Waals surface area contributed by atoms with Gasteiger partial charge in [-0.05, 0) is 36.8 Å². The van der Waals surface area contributed by atoms with Crippen LogP contribution >= 0.6 is 11.3 Å². The van der Waals surface area contributed by atoms with Crippen molar-refractivity contribution in [2.24, 2.45) is 0 Å². The van der Waals surface area contributed by atoms with E-state index in [0.29, 0.717) is 0 Å². The number of hydrogen-bond donors (Lipinski definition) is 0. The molecule has 0 unspecified atom stereocenters. The number of hydrogen-bond acceptors (Lipinski definition) is 2. The van der Waals surface area contributed by atoms with Crippen molar-refractivity contribution in [3.8, 4) is 0 Å². The maximum atomic E-state index is 2.50. The molecule has 11 heavy (non-hydrogen) atoms. The molecule has 0 aliphatic carbocycles. The summed E-state index contributed by atoms with van der Waals surface area (Å²) >= 11 is 1.87. The summed E-state index contributed by atoms with van der Waals surface area (Å²) in [4.78, 5) is 2.50. The molecule has 60 valence electrons. The molecule has 1 saturated heterocycles. The Labute approximate surface area is 71.7 Å². The second-order valence-electron chi connectivity index (χ2n) is 3.10. The maximum Gasteiger partial charge on any atom is 0.0938 e. The van der Waals surface area contributed by atoms with Crippen LogP contribution in [0.15, 0.2) is 11.4 Å². The molecular formula is C9H13NS.